The summed E-state index contributed by atoms with van der Waals surface area (Å²) in [7, 11) is 0. The van der Waals surface area contributed by atoms with Crippen molar-refractivity contribution in [2.45, 2.75) is 13.1 Å². The van der Waals surface area contributed by atoms with Crippen LogP contribution in [0.25, 0.3) is 11.3 Å². The predicted octanol–water partition coefficient (Wildman–Crippen LogP) is 5.39. The summed E-state index contributed by atoms with van der Waals surface area (Å²) in [6.45, 7) is 1.97. The van der Waals surface area contributed by atoms with Crippen molar-refractivity contribution in [1.82, 2.24) is 4.98 Å². The molecular formula is C18H13F3N2OS. The fourth-order valence-electron chi connectivity index (χ4n) is 2.28. The molecule has 3 nitrogen and oxygen atoms in total. The van der Waals surface area contributed by atoms with Crippen molar-refractivity contribution >= 4 is 22.4 Å². The SMILES string of the molecule is Cc1ccc(-c2csc(NC(=O)c3ccccc3C(F)(F)F)n2)cc1. The zero-order chi connectivity index (χ0) is 18.0. The summed E-state index contributed by atoms with van der Waals surface area (Å²) in [5.41, 5.74) is 1.24. The van der Waals surface area contributed by atoms with Gasteiger partial charge in [-0.1, -0.05) is 42.0 Å². The van der Waals surface area contributed by atoms with Gasteiger partial charge in [0.2, 0.25) is 0 Å². The first-order valence-electron chi connectivity index (χ1n) is 7.35. The maximum absolute atomic E-state index is 13.0. The molecule has 0 saturated heterocycles. The number of hydrogen-bond donors (Lipinski definition) is 1. The smallest absolute Gasteiger partial charge is 0.298 e. The number of aromatic nitrogens is 1. The average Bonchev–Trinajstić information content (AvgIpc) is 3.03. The summed E-state index contributed by atoms with van der Waals surface area (Å²) >= 11 is 1.16. The van der Waals surface area contributed by atoms with Crippen LogP contribution in [0.15, 0.2) is 53.9 Å². The van der Waals surface area contributed by atoms with Gasteiger partial charge in [0, 0.05) is 10.9 Å². The third-order valence-corrected chi connectivity index (χ3v) is 4.31. The van der Waals surface area contributed by atoms with E-state index in [1.165, 1.54) is 12.1 Å². The van der Waals surface area contributed by atoms with Crippen molar-refractivity contribution in [2.75, 3.05) is 5.32 Å². The van der Waals surface area contributed by atoms with E-state index < -0.39 is 23.2 Å². The lowest BCUT2D eigenvalue weighted by atomic mass is 10.1. The third kappa shape index (κ3) is 3.88. The van der Waals surface area contributed by atoms with Crippen molar-refractivity contribution in [3.8, 4) is 11.3 Å². The van der Waals surface area contributed by atoms with E-state index >= 15 is 0 Å². The largest absolute Gasteiger partial charge is 0.417 e. The maximum Gasteiger partial charge on any atom is 0.417 e. The Hall–Kier alpha value is -2.67. The first kappa shape index (κ1) is 17.2. The van der Waals surface area contributed by atoms with E-state index in [2.05, 4.69) is 10.3 Å². The quantitative estimate of drug-likeness (QED) is 0.679. The van der Waals surface area contributed by atoms with Crippen LogP contribution < -0.4 is 5.32 Å². The van der Waals surface area contributed by atoms with Gasteiger partial charge in [0.15, 0.2) is 5.13 Å². The molecule has 0 fully saturated rings. The lowest BCUT2D eigenvalue weighted by molar-refractivity contribution is -0.137. The molecule has 128 valence electrons. The number of benzene rings is 2. The lowest BCUT2D eigenvalue weighted by Crippen LogP contribution is -2.18. The van der Waals surface area contributed by atoms with Gasteiger partial charge in [-0.2, -0.15) is 13.2 Å². The number of anilines is 1. The van der Waals surface area contributed by atoms with Crippen molar-refractivity contribution < 1.29 is 18.0 Å². The molecule has 1 amide bonds. The van der Waals surface area contributed by atoms with E-state index in [-0.39, 0.29) is 5.13 Å². The Morgan fingerprint density at radius 3 is 2.44 bits per heavy atom. The molecule has 3 rings (SSSR count). The van der Waals surface area contributed by atoms with Gasteiger partial charge >= 0.3 is 6.18 Å². The minimum Gasteiger partial charge on any atom is -0.298 e. The van der Waals surface area contributed by atoms with Gasteiger partial charge in [-0.25, -0.2) is 4.98 Å². The molecule has 1 heterocycles. The number of carbonyl (C=O) groups is 1. The molecule has 0 bridgehead atoms. The van der Waals surface area contributed by atoms with Crippen LogP contribution in [-0.2, 0) is 6.18 Å². The zero-order valence-electron chi connectivity index (χ0n) is 13.1. The predicted molar refractivity (Wildman–Crippen MR) is 91.7 cm³/mol. The molecule has 0 atom stereocenters. The van der Waals surface area contributed by atoms with Crippen LogP contribution in [0.4, 0.5) is 18.3 Å². The van der Waals surface area contributed by atoms with Gasteiger partial charge < -0.3 is 0 Å². The van der Waals surface area contributed by atoms with Crippen LogP contribution in [-0.4, -0.2) is 10.9 Å². The van der Waals surface area contributed by atoms with Gasteiger partial charge in [-0.3, -0.25) is 10.1 Å². The van der Waals surface area contributed by atoms with Gasteiger partial charge in [0.05, 0.1) is 16.8 Å². The molecule has 7 heteroatoms. The molecule has 0 aliphatic heterocycles. The van der Waals surface area contributed by atoms with E-state index in [4.69, 9.17) is 0 Å². The molecule has 0 unspecified atom stereocenters. The summed E-state index contributed by atoms with van der Waals surface area (Å²) in [4.78, 5) is 16.5. The van der Waals surface area contributed by atoms with E-state index in [1.54, 1.807) is 5.38 Å². The Bertz CT molecular complexity index is 901. The highest BCUT2D eigenvalue weighted by Gasteiger charge is 2.34. The second kappa shape index (κ2) is 6.68. The summed E-state index contributed by atoms with van der Waals surface area (Å²) in [6.07, 6.45) is -4.59. The molecule has 3 aromatic rings. The Morgan fingerprint density at radius 1 is 1.08 bits per heavy atom. The highest BCUT2D eigenvalue weighted by atomic mass is 32.1. The molecule has 0 saturated carbocycles. The lowest BCUT2D eigenvalue weighted by Gasteiger charge is -2.11. The van der Waals surface area contributed by atoms with Crippen LogP contribution in [0.2, 0.25) is 0 Å². The summed E-state index contributed by atoms with van der Waals surface area (Å²) in [5, 5.41) is 4.43. The van der Waals surface area contributed by atoms with Crippen molar-refractivity contribution in [1.29, 1.82) is 0 Å². The van der Waals surface area contributed by atoms with Gasteiger partial charge in [0.25, 0.3) is 5.91 Å². The number of nitrogens with one attached hydrogen (secondary N) is 1. The highest BCUT2D eigenvalue weighted by molar-refractivity contribution is 7.14. The standard InChI is InChI=1S/C18H13F3N2OS/c1-11-6-8-12(9-7-11)15-10-25-17(22-15)23-16(24)13-4-2-3-5-14(13)18(19,20)21/h2-10H,1H3,(H,22,23,24). The fraction of sp³-hybridized carbons (Fsp3) is 0.111. The van der Waals surface area contributed by atoms with Gasteiger partial charge in [-0.05, 0) is 19.1 Å². The molecule has 0 radical (unpaired) electrons. The number of hydrogen-bond acceptors (Lipinski definition) is 3. The molecule has 25 heavy (non-hydrogen) atoms. The number of carbonyl (C=O) groups excluding carboxylic acids is 1. The summed E-state index contributed by atoms with van der Waals surface area (Å²) < 4.78 is 39.0. The van der Waals surface area contributed by atoms with E-state index in [9.17, 15) is 18.0 Å². The molecule has 0 aliphatic rings. The third-order valence-electron chi connectivity index (χ3n) is 3.55. The molecule has 1 aromatic heterocycles. The Morgan fingerprint density at radius 2 is 1.76 bits per heavy atom. The zero-order valence-corrected chi connectivity index (χ0v) is 13.9. The average molecular weight is 362 g/mol. The maximum atomic E-state index is 13.0. The first-order chi connectivity index (χ1) is 11.8. The van der Waals surface area contributed by atoms with Crippen LogP contribution in [0.5, 0.6) is 0 Å². The Kier molecular flexibility index (Phi) is 4.59. The van der Waals surface area contributed by atoms with Gasteiger partial charge in [-0.15, -0.1) is 11.3 Å². The molecule has 0 spiro atoms. The minimum absolute atomic E-state index is 0.248. The molecule has 2 aromatic carbocycles. The van der Waals surface area contributed by atoms with Crippen LogP contribution >= 0.6 is 11.3 Å². The van der Waals surface area contributed by atoms with E-state index in [1.807, 2.05) is 31.2 Å². The van der Waals surface area contributed by atoms with E-state index in [0.29, 0.717) is 5.69 Å². The molecule has 1 N–H and O–H groups in total. The van der Waals surface area contributed by atoms with Crippen LogP contribution in [0.1, 0.15) is 21.5 Å². The van der Waals surface area contributed by atoms with Crippen molar-refractivity contribution in [3.63, 3.8) is 0 Å². The number of amides is 1. The topological polar surface area (TPSA) is 42.0 Å². The molecular weight excluding hydrogens is 349 g/mol. The van der Waals surface area contributed by atoms with Crippen LogP contribution in [0, 0.1) is 6.92 Å². The second-order valence-electron chi connectivity index (χ2n) is 5.40. The summed E-state index contributed by atoms with van der Waals surface area (Å²) in [6, 6.07) is 12.3. The molecule has 0 aliphatic carbocycles. The second-order valence-corrected chi connectivity index (χ2v) is 6.26. The minimum atomic E-state index is -4.59. The summed E-state index contributed by atoms with van der Waals surface area (Å²) in [5.74, 6) is -0.835. The number of halogens is 3. The Labute approximate surface area is 146 Å². The van der Waals surface area contributed by atoms with Crippen molar-refractivity contribution in [3.05, 3.63) is 70.6 Å². The number of aryl methyl sites for hydroxylation is 1. The fourth-order valence-corrected chi connectivity index (χ4v) is 3.00. The van der Waals surface area contributed by atoms with Crippen LogP contribution in [0.3, 0.4) is 0 Å². The number of rotatable bonds is 3. The van der Waals surface area contributed by atoms with Gasteiger partial charge in [0.1, 0.15) is 0 Å². The monoisotopic (exact) mass is 362 g/mol. The van der Waals surface area contributed by atoms with E-state index in [0.717, 1.165) is 34.6 Å². The number of nitrogens with zero attached hydrogens (tertiary/aromatic N) is 1. The highest BCUT2D eigenvalue weighted by Crippen LogP contribution is 2.32. The Balaban J connectivity index is 1.82. The first-order valence-corrected chi connectivity index (χ1v) is 8.23. The number of alkyl halides is 3. The number of thiazole rings is 1. The normalized spacial score (nSPS) is 11.4. The van der Waals surface area contributed by atoms with Crippen molar-refractivity contribution in [2.24, 2.45) is 0 Å².